The molecule has 1 N–H and O–H groups in total. The number of nitrogens with one attached hydrogen (secondary N) is 1. The van der Waals surface area contributed by atoms with Crippen molar-refractivity contribution in [3.63, 3.8) is 0 Å². The Balaban J connectivity index is 2.32. The Morgan fingerprint density at radius 3 is 1.72 bits per heavy atom. The van der Waals surface area contributed by atoms with Crippen molar-refractivity contribution in [2.75, 3.05) is 33.6 Å². The Labute approximate surface area is 168 Å². The second-order valence-electron chi connectivity index (χ2n) is 6.05. The van der Waals surface area contributed by atoms with E-state index in [0.29, 0.717) is 0 Å². The monoisotopic (exact) mass is 420 g/mol. The molecule has 0 heterocycles. The number of rotatable bonds is 6. The van der Waals surface area contributed by atoms with E-state index in [1.165, 1.54) is 70.8 Å². The fourth-order valence-electron chi connectivity index (χ4n) is 2.36. The molecule has 2 aromatic rings. The lowest BCUT2D eigenvalue weighted by Crippen LogP contribution is -2.22. The zero-order valence-electron chi connectivity index (χ0n) is 16.3. The number of sulfonamides is 1. The molecular weight excluding hydrogens is 400 g/mol. The SMILES string of the molecule is COC(=O)c1cc(NC(=O)c2ccc(S(=O)(=O)N(C)C)cc2)cc(C(=O)OC)c1. The fourth-order valence-corrected chi connectivity index (χ4v) is 3.27. The van der Waals surface area contributed by atoms with E-state index in [2.05, 4.69) is 14.8 Å². The van der Waals surface area contributed by atoms with Crippen LogP contribution in [0.3, 0.4) is 0 Å². The van der Waals surface area contributed by atoms with Crippen LogP contribution in [-0.2, 0) is 19.5 Å². The summed E-state index contributed by atoms with van der Waals surface area (Å²) in [4.78, 5) is 36.2. The molecule has 2 rings (SSSR count). The van der Waals surface area contributed by atoms with Crippen LogP contribution in [0.5, 0.6) is 0 Å². The van der Waals surface area contributed by atoms with Gasteiger partial charge in [0, 0.05) is 25.3 Å². The van der Waals surface area contributed by atoms with Crippen molar-refractivity contribution in [1.29, 1.82) is 0 Å². The molecule has 154 valence electrons. The largest absolute Gasteiger partial charge is 0.465 e. The predicted molar refractivity (Wildman–Crippen MR) is 104 cm³/mol. The van der Waals surface area contributed by atoms with Crippen molar-refractivity contribution >= 4 is 33.6 Å². The first-order valence-corrected chi connectivity index (χ1v) is 9.70. The summed E-state index contributed by atoms with van der Waals surface area (Å²) in [7, 11) is 1.57. The van der Waals surface area contributed by atoms with Crippen LogP contribution in [0.4, 0.5) is 5.69 Å². The summed E-state index contributed by atoms with van der Waals surface area (Å²) >= 11 is 0. The molecule has 0 aliphatic rings. The van der Waals surface area contributed by atoms with Crippen molar-refractivity contribution in [3.8, 4) is 0 Å². The Hall–Kier alpha value is -3.24. The summed E-state index contributed by atoms with van der Waals surface area (Å²) in [6.45, 7) is 0. The lowest BCUT2D eigenvalue weighted by Gasteiger charge is -2.12. The van der Waals surface area contributed by atoms with E-state index < -0.39 is 27.9 Å². The number of anilines is 1. The van der Waals surface area contributed by atoms with Crippen LogP contribution < -0.4 is 5.32 Å². The minimum Gasteiger partial charge on any atom is -0.465 e. The lowest BCUT2D eigenvalue weighted by molar-refractivity contribution is 0.0599. The minimum atomic E-state index is -3.62. The number of methoxy groups -OCH3 is 2. The quantitative estimate of drug-likeness (QED) is 0.707. The van der Waals surface area contributed by atoms with Crippen molar-refractivity contribution in [1.82, 2.24) is 4.31 Å². The molecule has 0 saturated carbocycles. The van der Waals surface area contributed by atoms with Gasteiger partial charge >= 0.3 is 11.9 Å². The molecule has 0 unspecified atom stereocenters. The summed E-state index contributed by atoms with van der Waals surface area (Å²) in [5.41, 5.74) is 0.463. The van der Waals surface area contributed by atoms with Gasteiger partial charge in [-0.05, 0) is 42.5 Å². The van der Waals surface area contributed by atoms with Gasteiger partial charge in [0.05, 0.1) is 30.2 Å². The standard InChI is InChI=1S/C19H20N2O7S/c1-21(2)29(25,26)16-7-5-12(6-8-16)17(22)20-15-10-13(18(23)27-3)9-14(11-15)19(24)28-4/h5-11H,1-4H3,(H,20,22). The van der Waals surface area contributed by atoms with Gasteiger partial charge in [0.1, 0.15) is 0 Å². The number of nitrogens with zero attached hydrogens (tertiary/aromatic N) is 1. The van der Waals surface area contributed by atoms with Crippen LogP contribution >= 0.6 is 0 Å². The van der Waals surface area contributed by atoms with Gasteiger partial charge in [0.25, 0.3) is 5.91 Å². The smallest absolute Gasteiger partial charge is 0.337 e. The van der Waals surface area contributed by atoms with E-state index in [0.717, 1.165) is 4.31 Å². The van der Waals surface area contributed by atoms with E-state index >= 15 is 0 Å². The molecule has 10 heteroatoms. The number of esters is 2. The maximum absolute atomic E-state index is 12.5. The maximum Gasteiger partial charge on any atom is 0.337 e. The Morgan fingerprint density at radius 2 is 1.31 bits per heavy atom. The molecule has 0 aliphatic carbocycles. The van der Waals surface area contributed by atoms with E-state index in [-0.39, 0.29) is 27.3 Å². The average Bonchev–Trinajstić information content (AvgIpc) is 2.72. The second kappa shape index (κ2) is 8.84. The molecule has 0 bridgehead atoms. The molecule has 0 aliphatic heterocycles. The highest BCUT2D eigenvalue weighted by atomic mass is 32.2. The van der Waals surface area contributed by atoms with Crippen molar-refractivity contribution in [3.05, 3.63) is 59.2 Å². The van der Waals surface area contributed by atoms with Gasteiger partial charge in [0.15, 0.2) is 0 Å². The number of hydrogen-bond donors (Lipinski definition) is 1. The predicted octanol–water partition coefficient (Wildman–Crippen LogP) is 1.76. The third kappa shape index (κ3) is 4.98. The van der Waals surface area contributed by atoms with Gasteiger partial charge in [-0.2, -0.15) is 0 Å². The third-order valence-corrected chi connectivity index (χ3v) is 5.76. The molecule has 0 fully saturated rings. The van der Waals surface area contributed by atoms with Gasteiger partial charge in [-0.3, -0.25) is 4.79 Å². The Bertz CT molecular complexity index is 1010. The van der Waals surface area contributed by atoms with Gasteiger partial charge in [-0.1, -0.05) is 0 Å². The number of benzene rings is 2. The molecular formula is C19H20N2O7S. The topological polar surface area (TPSA) is 119 Å². The van der Waals surface area contributed by atoms with E-state index in [1.807, 2.05) is 0 Å². The molecule has 29 heavy (non-hydrogen) atoms. The van der Waals surface area contributed by atoms with Gasteiger partial charge in [0.2, 0.25) is 10.0 Å². The summed E-state index contributed by atoms with van der Waals surface area (Å²) in [5, 5.41) is 2.56. The number of carbonyl (C=O) groups is 3. The third-order valence-electron chi connectivity index (χ3n) is 3.93. The first-order chi connectivity index (χ1) is 13.6. The van der Waals surface area contributed by atoms with Crippen molar-refractivity contribution in [2.45, 2.75) is 4.90 Å². The molecule has 9 nitrogen and oxygen atoms in total. The number of hydrogen-bond acceptors (Lipinski definition) is 7. The number of ether oxygens (including phenoxy) is 2. The highest BCUT2D eigenvalue weighted by Crippen LogP contribution is 2.19. The molecule has 0 aromatic heterocycles. The molecule has 0 spiro atoms. The second-order valence-corrected chi connectivity index (χ2v) is 8.20. The van der Waals surface area contributed by atoms with Crippen LogP contribution in [0, 0.1) is 0 Å². The number of carbonyl (C=O) groups excluding carboxylic acids is 3. The van der Waals surface area contributed by atoms with Crippen LogP contribution in [0.1, 0.15) is 31.1 Å². The molecule has 0 atom stereocenters. The number of amides is 1. The highest BCUT2D eigenvalue weighted by Gasteiger charge is 2.18. The van der Waals surface area contributed by atoms with E-state index in [9.17, 15) is 22.8 Å². The normalized spacial score (nSPS) is 11.1. The summed E-state index contributed by atoms with van der Waals surface area (Å²) in [5.74, 6) is -1.94. The first-order valence-electron chi connectivity index (χ1n) is 8.25. The molecule has 0 saturated heterocycles. The Morgan fingerprint density at radius 1 is 0.828 bits per heavy atom. The average molecular weight is 420 g/mol. The van der Waals surface area contributed by atoms with Crippen LogP contribution in [0.15, 0.2) is 47.4 Å². The maximum atomic E-state index is 12.5. The summed E-state index contributed by atoms with van der Waals surface area (Å²) in [6, 6.07) is 9.33. The first kappa shape index (κ1) is 22.1. The summed E-state index contributed by atoms with van der Waals surface area (Å²) in [6.07, 6.45) is 0. The van der Waals surface area contributed by atoms with Gasteiger partial charge in [-0.25, -0.2) is 22.3 Å². The lowest BCUT2D eigenvalue weighted by atomic mass is 10.1. The summed E-state index contributed by atoms with van der Waals surface area (Å²) < 4.78 is 34.6. The van der Waals surface area contributed by atoms with E-state index in [1.54, 1.807) is 0 Å². The van der Waals surface area contributed by atoms with Crippen molar-refractivity contribution < 1.29 is 32.3 Å². The van der Waals surface area contributed by atoms with Gasteiger partial charge in [-0.15, -0.1) is 0 Å². The van der Waals surface area contributed by atoms with Gasteiger partial charge < -0.3 is 14.8 Å². The zero-order valence-corrected chi connectivity index (χ0v) is 17.1. The van der Waals surface area contributed by atoms with Crippen LogP contribution in [0.2, 0.25) is 0 Å². The molecule has 1 amide bonds. The fraction of sp³-hybridized carbons (Fsp3) is 0.211. The van der Waals surface area contributed by atoms with Crippen molar-refractivity contribution in [2.24, 2.45) is 0 Å². The Kier molecular flexibility index (Phi) is 6.72. The van der Waals surface area contributed by atoms with Crippen LogP contribution in [0.25, 0.3) is 0 Å². The molecule has 2 aromatic carbocycles. The van der Waals surface area contributed by atoms with Crippen LogP contribution in [-0.4, -0.2) is 58.9 Å². The minimum absolute atomic E-state index is 0.0414. The van der Waals surface area contributed by atoms with E-state index in [4.69, 9.17) is 0 Å². The zero-order chi connectivity index (χ0) is 21.8. The molecule has 0 radical (unpaired) electrons. The highest BCUT2D eigenvalue weighted by molar-refractivity contribution is 7.89.